The summed E-state index contributed by atoms with van der Waals surface area (Å²) in [4.78, 5) is 12.2. The molecule has 0 atom stereocenters. The first-order chi connectivity index (χ1) is 15.1. The highest BCUT2D eigenvalue weighted by atomic mass is 19.1. The van der Waals surface area contributed by atoms with E-state index in [0.717, 1.165) is 31.2 Å². The molecule has 1 aliphatic rings. The minimum atomic E-state index is -0.623. The first-order valence-electron chi connectivity index (χ1n) is 11.0. The summed E-state index contributed by atoms with van der Waals surface area (Å²) in [6, 6.07) is 8.59. The molecule has 0 heterocycles. The second-order valence-electron chi connectivity index (χ2n) is 7.40. The van der Waals surface area contributed by atoms with E-state index < -0.39 is 5.97 Å². The SMILES string of the molecule is CCOC(=O)C(C#N)=C(NCCOCCNCc1ccc(F)cc1)NC1CCCCC1. The Morgan fingerprint density at radius 3 is 2.55 bits per heavy atom. The number of nitrogens with one attached hydrogen (secondary N) is 3. The molecule has 1 aliphatic carbocycles. The minimum Gasteiger partial charge on any atom is -0.462 e. The molecule has 0 aliphatic heterocycles. The lowest BCUT2D eigenvalue weighted by molar-refractivity contribution is -0.138. The van der Waals surface area contributed by atoms with Gasteiger partial charge in [-0.15, -0.1) is 0 Å². The van der Waals surface area contributed by atoms with Crippen LogP contribution >= 0.6 is 0 Å². The highest BCUT2D eigenvalue weighted by molar-refractivity contribution is 5.93. The van der Waals surface area contributed by atoms with E-state index in [9.17, 15) is 14.4 Å². The zero-order valence-electron chi connectivity index (χ0n) is 18.2. The molecule has 0 amide bonds. The molecule has 0 radical (unpaired) electrons. The van der Waals surface area contributed by atoms with Gasteiger partial charge in [-0.05, 0) is 37.5 Å². The summed E-state index contributed by atoms with van der Waals surface area (Å²) < 4.78 is 23.5. The van der Waals surface area contributed by atoms with Crippen molar-refractivity contribution in [1.29, 1.82) is 5.26 Å². The van der Waals surface area contributed by atoms with Crippen LogP contribution in [0.5, 0.6) is 0 Å². The maximum Gasteiger partial charge on any atom is 0.352 e. The van der Waals surface area contributed by atoms with E-state index in [-0.39, 0.29) is 24.0 Å². The van der Waals surface area contributed by atoms with Crippen molar-refractivity contribution in [2.75, 3.05) is 32.9 Å². The topological polar surface area (TPSA) is 95.4 Å². The van der Waals surface area contributed by atoms with E-state index in [1.807, 2.05) is 6.07 Å². The monoisotopic (exact) mass is 432 g/mol. The highest BCUT2D eigenvalue weighted by Gasteiger charge is 2.21. The van der Waals surface area contributed by atoms with Crippen LogP contribution in [-0.4, -0.2) is 44.9 Å². The highest BCUT2D eigenvalue weighted by Crippen LogP contribution is 2.18. The first kappa shape index (κ1) is 24.6. The van der Waals surface area contributed by atoms with Crippen LogP contribution in [0.15, 0.2) is 35.7 Å². The van der Waals surface area contributed by atoms with Gasteiger partial charge in [-0.3, -0.25) is 0 Å². The number of benzene rings is 1. The molecule has 0 bridgehead atoms. The lowest BCUT2D eigenvalue weighted by Gasteiger charge is -2.26. The van der Waals surface area contributed by atoms with Crippen LogP contribution in [0.25, 0.3) is 0 Å². The van der Waals surface area contributed by atoms with Gasteiger partial charge in [0.1, 0.15) is 17.7 Å². The van der Waals surface area contributed by atoms with Gasteiger partial charge in [-0.2, -0.15) is 5.26 Å². The fourth-order valence-corrected chi connectivity index (χ4v) is 3.40. The zero-order valence-corrected chi connectivity index (χ0v) is 18.2. The third-order valence-electron chi connectivity index (χ3n) is 5.01. The number of halogens is 1. The fourth-order valence-electron chi connectivity index (χ4n) is 3.40. The number of carbonyl (C=O) groups excluding carboxylic acids is 1. The van der Waals surface area contributed by atoms with Gasteiger partial charge in [-0.25, -0.2) is 9.18 Å². The predicted octanol–water partition coefficient (Wildman–Crippen LogP) is 2.74. The molecule has 170 valence electrons. The predicted molar refractivity (Wildman–Crippen MR) is 116 cm³/mol. The number of carbonyl (C=O) groups is 1. The first-order valence-corrected chi connectivity index (χ1v) is 11.0. The van der Waals surface area contributed by atoms with Crippen LogP contribution in [0.1, 0.15) is 44.6 Å². The molecule has 0 unspecified atom stereocenters. The normalized spacial score (nSPS) is 15.0. The number of esters is 1. The molecular weight excluding hydrogens is 399 g/mol. The van der Waals surface area contributed by atoms with Crippen LogP contribution in [0.4, 0.5) is 4.39 Å². The Hall–Kier alpha value is -2.63. The minimum absolute atomic E-state index is 0.0339. The van der Waals surface area contributed by atoms with E-state index in [2.05, 4.69) is 16.0 Å². The van der Waals surface area contributed by atoms with Gasteiger partial charge in [0.25, 0.3) is 0 Å². The summed E-state index contributed by atoms with van der Waals surface area (Å²) in [6.07, 6.45) is 5.53. The van der Waals surface area contributed by atoms with Crippen molar-refractivity contribution in [1.82, 2.24) is 16.0 Å². The lowest BCUT2D eigenvalue weighted by Crippen LogP contribution is -2.39. The number of nitrogens with zero attached hydrogens (tertiary/aromatic N) is 1. The molecule has 8 heteroatoms. The summed E-state index contributed by atoms with van der Waals surface area (Å²) in [5.41, 5.74) is 0.975. The van der Waals surface area contributed by atoms with Gasteiger partial charge in [0, 0.05) is 25.7 Å². The quantitative estimate of drug-likeness (QED) is 0.191. The Morgan fingerprint density at radius 2 is 1.87 bits per heavy atom. The van der Waals surface area contributed by atoms with Gasteiger partial charge in [0.15, 0.2) is 5.57 Å². The van der Waals surface area contributed by atoms with Crippen LogP contribution in [0, 0.1) is 17.1 Å². The fraction of sp³-hybridized carbons (Fsp3) is 0.565. The standard InChI is InChI=1S/C23H33FN4O3/c1-2-31-23(29)21(16-25)22(28-20-6-4-3-5-7-20)27-13-15-30-14-12-26-17-18-8-10-19(24)11-9-18/h8-11,20,26-28H,2-7,12-15,17H2,1H3. The Morgan fingerprint density at radius 1 is 1.16 bits per heavy atom. The van der Waals surface area contributed by atoms with Gasteiger partial charge < -0.3 is 25.4 Å². The summed E-state index contributed by atoms with van der Waals surface area (Å²) in [5.74, 6) is -0.443. The smallest absolute Gasteiger partial charge is 0.352 e. The van der Waals surface area contributed by atoms with Crippen LogP contribution in [0.3, 0.4) is 0 Å². The van der Waals surface area contributed by atoms with Gasteiger partial charge in [0.2, 0.25) is 0 Å². The molecule has 1 fully saturated rings. The van der Waals surface area contributed by atoms with Crippen molar-refractivity contribution in [2.45, 2.75) is 51.6 Å². The van der Waals surface area contributed by atoms with Crippen molar-refractivity contribution >= 4 is 5.97 Å². The molecule has 2 rings (SSSR count). The van der Waals surface area contributed by atoms with Crippen molar-refractivity contribution in [3.05, 3.63) is 47.0 Å². The third-order valence-corrected chi connectivity index (χ3v) is 5.01. The molecule has 0 spiro atoms. The van der Waals surface area contributed by atoms with Crippen molar-refractivity contribution in [3.63, 3.8) is 0 Å². The van der Waals surface area contributed by atoms with Crippen LogP contribution < -0.4 is 16.0 Å². The Balaban J connectivity index is 1.74. The van der Waals surface area contributed by atoms with Crippen LogP contribution in [0.2, 0.25) is 0 Å². The molecule has 1 aromatic rings. The van der Waals surface area contributed by atoms with Crippen molar-refractivity contribution in [3.8, 4) is 6.07 Å². The van der Waals surface area contributed by atoms with E-state index in [4.69, 9.17) is 9.47 Å². The number of hydrogen-bond donors (Lipinski definition) is 3. The number of hydrogen-bond acceptors (Lipinski definition) is 7. The molecule has 31 heavy (non-hydrogen) atoms. The number of ether oxygens (including phenoxy) is 2. The average Bonchev–Trinajstić information content (AvgIpc) is 2.78. The number of nitriles is 1. The van der Waals surface area contributed by atoms with E-state index in [1.165, 1.54) is 18.6 Å². The lowest BCUT2D eigenvalue weighted by atomic mass is 9.95. The molecule has 0 aromatic heterocycles. The van der Waals surface area contributed by atoms with Gasteiger partial charge in [-0.1, -0.05) is 31.4 Å². The van der Waals surface area contributed by atoms with E-state index in [0.29, 0.717) is 38.7 Å². The largest absolute Gasteiger partial charge is 0.462 e. The Labute approximate surface area is 184 Å². The van der Waals surface area contributed by atoms with Gasteiger partial charge >= 0.3 is 5.97 Å². The summed E-state index contributed by atoms with van der Waals surface area (Å²) in [6.45, 7) is 4.63. The molecule has 7 nitrogen and oxygen atoms in total. The maximum absolute atomic E-state index is 12.9. The van der Waals surface area contributed by atoms with Gasteiger partial charge in [0.05, 0.1) is 19.8 Å². The molecule has 0 saturated heterocycles. The number of rotatable bonds is 13. The van der Waals surface area contributed by atoms with E-state index in [1.54, 1.807) is 19.1 Å². The maximum atomic E-state index is 12.9. The average molecular weight is 433 g/mol. The van der Waals surface area contributed by atoms with E-state index >= 15 is 0 Å². The molecule has 1 aromatic carbocycles. The van der Waals surface area contributed by atoms with Crippen LogP contribution in [-0.2, 0) is 20.8 Å². The van der Waals surface area contributed by atoms with Crippen molar-refractivity contribution in [2.24, 2.45) is 0 Å². The summed E-state index contributed by atoms with van der Waals surface area (Å²) in [7, 11) is 0. The molecule has 1 saturated carbocycles. The Bertz CT molecular complexity index is 740. The molecular formula is C23H33FN4O3. The second-order valence-corrected chi connectivity index (χ2v) is 7.40. The zero-order chi connectivity index (χ0) is 22.3. The molecule has 3 N–H and O–H groups in total. The summed E-state index contributed by atoms with van der Waals surface area (Å²) >= 11 is 0. The Kier molecular flexibility index (Phi) is 11.4. The second kappa shape index (κ2) is 14.4. The summed E-state index contributed by atoms with van der Waals surface area (Å²) in [5, 5.41) is 19.2. The third kappa shape index (κ3) is 9.37. The van der Waals surface area contributed by atoms with Crippen molar-refractivity contribution < 1.29 is 18.7 Å².